The van der Waals surface area contributed by atoms with Gasteiger partial charge in [-0.25, -0.2) is 15.0 Å². The van der Waals surface area contributed by atoms with E-state index in [4.69, 9.17) is 15.0 Å². The van der Waals surface area contributed by atoms with Gasteiger partial charge in [-0.2, -0.15) is 0 Å². The smallest absolute Gasteiger partial charge is 0.165 e. The molecule has 8 aromatic carbocycles. The zero-order valence-corrected chi connectivity index (χ0v) is 33.8. The van der Waals surface area contributed by atoms with Gasteiger partial charge in [-0.05, 0) is 59.5 Å². The van der Waals surface area contributed by atoms with Crippen LogP contribution < -0.4 is 0 Å². The summed E-state index contributed by atoms with van der Waals surface area (Å²) in [6.45, 7) is 0. The summed E-state index contributed by atoms with van der Waals surface area (Å²) < 4.78 is 4.84. The highest BCUT2D eigenvalue weighted by atomic mass is 15.1. The summed E-state index contributed by atoms with van der Waals surface area (Å²) in [5.74, 6) is 2.07. The third-order valence-corrected chi connectivity index (χ3v) is 12.3. The number of para-hydroxylation sites is 4. The van der Waals surface area contributed by atoms with Crippen molar-refractivity contribution in [1.82, 2.24) is 24.1 Å². The zero-order chi connectivity index (χ0) is 41.0. The fourth-order valence-corrected chi connectivity index (χ4v) is 9.40. The van der Waals surface area contributed by atoms with Crippen LogP contribution in [-0.4, -0.2) is 24.1 Å². The second kappa shape index (κ2) is 14.8. The highest BCUT2D eigenvalue weighted by Gasteiger charge is 2.23. The monoisotopic (exact) mass is 793 g/mol. The molecule has 12 rings (SSSR count). The molecule has 1 unspecified atom stereocenters. The Labute approximate surface area is 359 Å². The average molecular weight is 794 g/mol. The van der Waals surface area contributed by atoms with E-state index in [0.717, 1.165) is 45.8 Å². The number of rotatable bonds is 7. The van der Waals surface area contributed by atoms with E-state index in [1.807, 2.05) is 18.2 Å². The molecule has 3 heterocycles. The van der Waals surface area contributed by atoms with E-state index in [1.165, 1.54) is 54.8 Å². The number of allylic oxidation sites excluding steroid dienone is 4. The number of hydrogen-bond acceptors (Lipinski definition) is 3. The maximum Gasteiger partial charge on any atom is 0.165 e. The molecule has 292 valence electrons. The first kappa shape index (κ1) is 35.8. The molecule has 0 bridgehead atoms. The van der Waals surface area contributed by atoms with Crippen molar-refractivity contribution in [2.24, 2.45) is 0 Å². The standard InChI is InChI=1S/C57H39N5/c1-4-17-38(18-5-1)39-31-33-42(34-32-39)56-58-55(41-21-8-3-9-22-41)59-57(60-56)49-25-12-15-30-52(49)62-51-29-14-10-23-45(51)47-36-35-43(37-53(47)62)61-50-28-13-11-24-46(50)48-27-16-26-44(54(48)61)40-19-6-2-7-20-40/h1-33,35-37,42H,34H2. The van der Waals surface area contributed by atoms with Gasteiger partial charge in [0.2, 0.25) is 0 Å². The molecule has 0 amide bonds. The molecule has 0 spiro atoms. The lowest BCUT2D eigenvalue weighted by Gasteiger charge is -2.18. The Hall–Kier alpha value is -8.15. The molecule has 62 heavy (non-hydrogen) atoms. The first-order chi connectivity index (χ1) is 30.8. The first-order valence-electron chi connectivity index (χ1n) is 21.2. The summed E-state index contributed by atoms with van der Waals surface area (Å²) in [6, 6.07) is 71.1. The van der Waals surface area contributed by atoms with E-state index in [-0.39, 0.29) is 5.92 Å². The topological polar surface area (TPSA) is 48.5 Å². The van der Waals surface area contributed by atoms with Crippen molar-refractivity contribution in [3.05, 3.63) is 230 Å². The molecule has 5 nitrogen and oxygen atoms in total. The Kier molecular flexibility index (Phi) is 8.56. The molecule has 0 fully saturated rings. The third-order valence-electron chi connectivity index (χ3n) is 12.3. The van der Waals surface area contributed by atoms with Crippen LogP contribution in [0.5, 0.6) is 0 Å². The van der Waals surface area contributed by atoms with E-state index in [9.17, 15) is 0 Å². The molecule has 1 aliphatic rings. The van der Waals surface area contributed by atoms with Gasteiger partial charge in [-0.1, -0.05) is 182 Å². The van der Waals surface area contributed by atoms with Crippen LogP contribution in [0, 0.1) is 0 Å². The van der Waals surface area contributed by atoms with Gasteiger partial charge in [0.15, 0.2) is 11.6 Å². The number of fused-ring (bicyclic) bond motifs is 6. The fraction of sp³-hybridized carbons (Fsp3) is 0.0351. The second-order valence-corrected chi connectivity index (χ2v) is 15.9. The molecular formula is C57H39N5. The van der Waals surface area contributed by atoms with Gasteiger partial charge in [0.1, 0.15) is 5.82 Å². The van der Waals surface area contributed by atoms with Gasteiger partial charge >= 0.3 is 0 Å². The Bertz CT molecular complexity index is 3540. The lowest BCUT2D eigenvalue weighted by Crippen LogP contribution is -2.09. The fourth-order valence-electron chi connectivity index (χ4n) is 9.40. The summed E-state index contributed by atoms with van der Waals surface area (Å²) in [7, 11) is 0. The van der Waals surface area contributed by atoms with Crippen LogP contribution in [0.1, 0.15) is 23.7 Å². The van der Waals surface area contributed by atoms with Crippen LogP contribution in [0.2, 0.25) is 0 Å². The average Bonchev–Trinajstić information content (AvgIpc) is 3.87. The Morgan fingerprint density at radius 1 is 0.419 bits per heavy atom. The van der Waals surface area contributed by atoms with Crippen LogP contribution in [-0.2, 0) is 0 Å². The van der Waals surface area contributed by atoms with Crippen molar-refractivity contribution >= 4 is 49.2 Å². The summed E-state index contributed by atoms with van der Waals surface area (Å²) in [4.78, 5) is 15.7. The second-order valence-electron chi connectivity index (χ2n) is 15.9. The summed E-state index contributed by atoms with van der Waals surface area (Å²) in [5, 5.41) is 4.82. The maximum atomic E-state index is 5.33. The van der Waals surface area contributed by atoms with E-state index in [1.54, 1.807) is 0 Å². The SMILES string of the molecule is C1=CC(c2nc(-c3ccccc3)nc(-c3ccccc3-n3c4ccccc4c4ccc(-n5c6ccccc6c6cccc(-c7ccccc7)c65)cc43)n2)CC=C1c1ccccc1. The maximum absolute atomic E-state index is 5.33. The van der Waals surface area contributed by atoms with Crippen molar-refractivity contribution in [2.75, 3.05) is 0 Å². The molecule has 11 aromatic rings. The third kappa shape index (κ3) is 5.97. The molecule has 1 atom stereocenters. The number of nitrogens with zero attached hydrogens (tertiary/aromatic N) is 5. The minimum atomic E-state index is 0.00151. The minimum Gasteiger partial charge on any atom is -0.309 e. The van der Waals surface area contributed by atoms with Crippen molar-refractivity contribution in [1.29, 1.82) is 0 Å². The number of hydrogen-bond donors (Lipinski definition) is 0. The highest BCUT2D eigenvalue weighted by Crippen LogP contribution is 2.41. The van der Waals surface area contributed by atoms with E-state index >= 15 is 0 Å². The van der Waals surface area contributed by atoms with Gasteiger partial charge in [0.05, 0.1) is 27.8 Å². The Balaban J connectivity index is 1.06. The van der Waals surface area contributed by atoms with Gasteiger partial charge in [0, 0.05) is 49.8 Å². The molecular weight excluding hydrogens is 755 g/mol. The summed E-state index contributed by atoms with van der Waals surface area (Å²) in [5.41, 5.74) is 13.4. The normalized spacial score (nSPS) is 13.9. The van der Waals surface area contributed by atoms with Crippen molar-refractivity contribution in [3.8, 4) is 45.3 Å². The summed E-state index contributed by atoms with van der Waals surface area (Å²) in [6.07, 6.45) is 7.55. The molecule has 0 N–H and O–H groups in total. The van der Waals surface area contributed by atoms with E-state index in [2.05, 4.69) is 209 Å². The van der Waals surface area contributed by atoms with Crippen molar-refractivity contribution in [3.63, 3.8) is 0 Å². The van der Waals surface area contributed by atoms with Gasteiger partial charge in [-0.15, -0.1) is 0 Å². The number of benzene rings is 8. The van der Waals surface area contributed by atoms with Gasteiger partial charge in [-0.3, -0.25) is 0 Å². The quantitative estimate of drug-likeness (QED) is 0.161. The zero-order valence-electron chi connectivity index (χ0n) is 33.8. The summed E-state index contributed by atoms with van der Waals surface area (Å²) >= 11 is 0. The van der Waals surface area contributed by atoms with Crippen LogP contribution in [0.3, 0.4) is 0 Å². The lowest BCUT2D eigenvalue weighted by atomic mass is 9.92. The molecule has 0 radical (unpaired) electrons. The molecule has 0 aliphatic heterocycles. The molecule has 5 heteroatoms. The molecule has 1 aliphatic carbocycles. The van der Waals surface area contributed by atoms with Crippen LogP contribution in [0.4, 0.5) is 0 Å². The molecule has 0 saturated heterocycles. The van der Waals surface area contributed by atoms with Crippen molar-refractivity contribution in [2.45, 2.75) is 12.3 Å². The first-order valence-corrected chi connectivity index (χ1v) is 21.2. The van der Waals surface area contributed by atoms with Crippen molar-refractivity contribution < 1.29 is 0 Å². The predicted octanol–water partition coefficient (Wildman–Crippen LogP) is 14.2. The van der Waals surface area contributed by atoms with Crippen LogP contribution in [0.25, 0.3) is 94.5 Å². The predicted molar refractivity (Wildman–Crippen MR) is 256 cm³/mol. The number of aromatic nitrogens is 5. The molecule has 3 aromatic heterocycles. The van der Waals surface area contributed by atoms with Gasteiger partial charge < -0.3 is 9.13 Å². The minimum absolute atomic E-state index is 0.00151. The Morgan fingerprint density at radius 3 is 1.74 bits per heavy atom. The van der Waals surface area contributed by atoms with E-state index in [0.29, 0.717) is 11.6 Å². The highest BCUT2D eigenvalue weighted by molar-refractivity contribution is 6.15. The van der Waals surface area contributed by atoms with Crippen LogP contribution >= 0.6 is 0 Å². The van der Waals surface area contributed by atoms with Crippen LogP contribution in [0.15, 0.2) is 218 Å². The van der Waals surface area contributed by atoms with E-state index < -0.39 is 0 Å². The largest absolute Gasteiger partial charge is 0.309 e. The molecule has 0 saturated carbocycles. The Morgan fingerprint density at radius 2 is 1.00 bits per heavy atom. The van der Waals surface area contributed by atoms with Gasteiger partial charge in [0.25, 0.3) is 0 Å². The lowest BCUT2D eigenvalue weighted by molar-refractivity contribution is 0.766.